The smallest absolute Gasteiger partial charge is 0.0469 e. The van der Waals surface area contributed by atoms with Gasteiger partial charge in [-0.1, -0.05) is 19.1 Å². The first-order chi connectivity index (χ1) is 5.81. The third-order valence-corrected chi connectivity index (χ3v) is 1.80. The second-order valence-corrected chi connectivity index (χ2v) is 3.28. The zero-order chi connectivity index (χ0) is 9.23. The minimum Gasteiger partial charge on any atom is -0.381 e. The Labute approximate surface area is 80.8 Å². The molecule has 0 amide bonds. The molecule has 0 heterocycles. The summed E-state index contributed by atoms with van der Waals surface area (Å²) in [4.78, 5) is 0. The summed E-state index contributed by atoms with van der Waals surface area (Å²) in [6, 6.07) is 0. The van der Waals surface area contributed by atoms with E-state index in [0.717, 1.165) is 38.9 Å². The molecular weight excluding hydrogens is 172 g/mol. The van der Waals surface area contributed by atoms with Crippen molar-refractivity contribution in [2.45, 2.75) is 32.6 Å². The van der Waals surface area contributed by atoms with Crippen molar-refractivity contribution in [2.24, 2.45) is 0 Å². The van der Waals surface area contributed by atoms with Gasteiger partial charge >= 0.3 is 0 Å². The average molecular weight is 191 g/mol. The molecule has 0 aromatic heterocycles. The maximum absolute atomic E-state index is 5.57. The van der Waals surface area contributed by atoms with E-state index in [-0.39, 0.29) is 0 Å². The largest absolute Gasteiger partial charge is 0.381 e. The van der Waals surface area contributed by atoms with Crippen molar-refractivity contribution in [1.29, 1.82) is 0 Å². The molecule has 0 unspecified atom stereocenters. The molecule has 0 aliphatic rings. The highest BCUT2D eigenvalue weighted by atomic mass is 35.5. The van der Waals surface area contributed by atoms with Crippen molar-refractivity contribution < 1.29 is 4.74 Å². The van der Waals surface area contributed by atoms with Gasteiger partial charge in [0.2, 0.25) is 0 Å². The Kier molecular flexibility index (Phi) is 9.07. The summed E-state index contributed by atoms with van der Waals surface area (Å²) < 4.78 is 5.34. The Balaban J connectivity index is 3.03. The molecule has 0 aliphatic carbocycles. The Hall–Kier alpha value is -0.0100. The van der Waals surface area contributed by atoms with Gasteiger partial charge in [0, 0.05) is 19.1 Å². The van der Waals surface area contributed by atoms with Gasteiger partial charge in [-0.3, -0.25) is 0 Å². The van der Waals surface area contributed by atoms with E-state index in [0.29, 0.717) is 5.88 Å². The molecule has 72 valence electrons. The Morgan fingerprint density at radius 3 is 2.67 bits per heavy atom. The van der Waals surface area contributed by atoms with Crippen LogP contribution in [0.25, 0.3) is 0 Å². The number of hydrogen-bond acceptors (Lipinski definition) is 1. The van der Waals surface area contributed by atoms with Gasteiger partial charge in [0.15, 0.2) is 0 Å². The third-order valence-electron chi connectivity index (χ3n) is 1.62. The van der Waals surface area contributed by atoms with Crippen molar-refractivity contribution in [3.05, 3.63) is 12.2 Å². The van der Waals surface area contributed by atoms with Crippen LogP contribution in [0.2, 0.25) is 0 Å². The van der Waals surface area contributed by atoms with Crippen LogP contribution in [0.5, 0.6) is 0 Å². The monoisotopic (exact) mass is 190 g/mol. The van der Waals surface area contributed by atoms with E-state index in [2.05, 4.69) is 13.5 Å². The lowest BCUT2D eigenvalue weighted by atomic mass is 10.1. The van der Waals surface area contributed by atoms with E-state index < -0.39 is 0 Å². The maximum atomic E-state index is 5.57. The lowest BCUT2D eigenvalue weighted by molar-refractivity contribution is 0.132. The van der Waals surface area contributed by atoms with Crippen LogP contribution >= 0.6 is 11.6 Å². The number of alkyl halides is 1. The number of hydrogen-bond donors (Lipinski definition) is 0. The fraction of sp³-hybridized carbons (Fsp3) is 0.800. The van der Waals surface area contributed by atoms with Gasteiger partial charge in [-0.25, -0.2) is 0 Å². The molecule has 0 radical (unpaired) electrons. The third kappa shape index (κ3) is 8.09. The zero-order valence-corrected chi connectivity index (χ0v) is 8.70. The lowest BCUT2D eigenvalue weighted by Crippen LogP contribution is -1.96. The first-order valence-electron chi connectivity index (χ1n) is 4.61. The molecule has 0 aliphatic heterocycles. The summed E-state index contributed by atoms with van der Waals surface area (Å²) in [5.74, 6) is 0.689. The van der Waals surface area contributed by atoms with Crippen molar-refractivity contribution in [3.8, 4) is 0 Å². The van der Waals surface area contributed by atoms with Crippen LogP contribution in [-0.2, 0) is 4.74 Å². The molecule has 2 heteroatoms. The van der Waals surface area contributed by atoms with E-state index in [1.54, 1.807) is 0 Å². The molecular formula is C10H19ClO. The minimum atomic E-state index is 0.689. The summed E-state index contributed by atoms with van der Waals surface area (Å²) in [6.45, 7) is 7.77. The second-order valence-electron chi connectivity index (χ2n) is 2.90. The molecule has 0 spiro atoms. The van der Waals surface area contributed by atoms with E-state index in [1.165, 1.54) is 5.57 Å². The van der Waals surface area contributed by atoms with E-state index in [9.17, 15) is 0 Å². The fourth-order valence-electron chi connectivity index (χ4n) is 0.929. The highest BCUT2D eigenvalue weighted by Crippen LogP contribution is 2.07. The molecule has 0 saturated heterocycles. The van der Waals surface area contributed by atoms with Crippen molar-refractivity contribution in [2.75, 3.05) is 19.1 Å². The first-order valence-corrected chi connectivity index (χ1v) is 5.15. The number of ether oxygens (including phenoxy) is 1. The average Bonchev–Trinajstić information content (AvgIpc) is 2.05. The van der Waals surface area contributed by atoms with E-state index >= 15 is 0 Å². The van der Waals surface area contributed by atoms with Gasteiger partial charge in [0.25, 0.3) is 0 Å². The summed E-state index contributed by atoms with van der Waals surface area (Å²) in [7, 11) is 0. The van der Waals surface area contributed by atoms with Crippen LogP contribution < -0.4 is 0 Å². The molecule has 0 rings (SSSR count). The molecule has 1 nitrogen and oxygen atoms in total. The molecule has 0 aromatic carbocycles. The number of rotatable bonds is 8. The van der Waals surface area contributed by atoms with Crippen LogP contribution in [-0.4, -0.2) is 19.1 Å². The summed E-state index contributed by atoms with van der Waals surface area (Å²) >= 11 is 5.57. The van der Waals surface area contributed by atoms with Gasteiger partial charge in [0.1, 0.15) is 0 Å². The molecule has 0 aromatic rings. The number of allylic oxidation sites excluding steroid dienone is 1. The van der Waals surface area contributed by atoms with E-state index in [4.69, 9.17) is 16.3 Å². The quantitative estimate of drug-likeness (QED) is 0.324. The Morgan fingerprint density at radius 2 is 2.08 bits per heavy atom. The molecule has 0 N–H and O–H groups in total. The van der Waals surface area contributed by atoms with E-state index in [1.807, 2.05) is 0 Å². The molecule has 12 heavy (non-hydrogen) atoms. The summed E-state index contributed by atoms with van der Waals surface area (Å²) in [5.41, 5.74) is 1.24. The normalized spacial score (nSPS) is 10.2. The molecule has 0 fully saturated rings. The van der Waals surface area contributed by atoms with Gasteiger partial charge in [0.05, 0.1) is 0 Å². The van der Waals surface area contributed by atoms with Crippen LogP contribution in [0.15, 0.2) is 12.2 Å². The first kappa shape index (κ1) is 12.0. The van der Waals surface area contributed by atoms with Crippen molar-refractivity contribution in [1.82, 2.24) is 0 Å². The van der Waals surface area contributed by atoms with Gasteiger partial charge in [-0.15, -0.1) is 11.6 Å². The Morgan fingerprint density at radius 1 is 1.33 bits per heavy atom. The molecule has 0 atom stereocenters. The van der Waals surface area contributed by atoms with Crippen molar-refractivity contribution >= 4 is 11.6 Å². The van der Waals surface area contributed by atoms with Gasteiger partial charge in [-0.05, 0) is 25.7 Å². The Bertz CT molecular complexity index is 112. The molecule has 0 saturated carbocycles. The highest BCUT2D eigenvalue weighted by molar-refractivity contribution is 6.17. The summed E-state index contributed by atoms with van der Waals surface area (Å²) in [5, 5.41) is 0. The predicted molar refractivity (Wildman–Crippen MR) is 54.8 cm³/mol. The van der Waals surface area contributed by atoms with Crippen LogP contribution in [0, 0.1) is 0 Å². The van der Waals surface area contributed by atoms with Gasteiger partial charge in [-0.2, -0.15) is 0 Å². The SMILES string of the molecule is C=C(CCCl)CCCOCCC. The van der Waals surface area contributed by atoms with Crippen LogP contribution in [0.3, 0.4) is 0 Å². The standard InChI is InChI=1S/C10H19ClO/c1-3-8-12-9-4-5-10(2)6-7-11/h2-9H2,1H3. The zero-order valence-electron chi connectivity index (χ0n) is 7.94. The van der Waals surface area contributed by atoms with Crippen molar-refractivity contribution in [3.63, 3.8) is 0 Å². The lowest BCUT2D eigenvalue weighted by Gasteiger charge is -2.03. The minimum absolute atomic E-state index is 0.689. The topological polar surface area (TPSA) is 9.23 Å². The predicted octanol–water partition coefficient (Wildman–Crippen LogP) is 3.38. The van der Waals surface area contributed by atoms with Crippen LogP contribution in [0.1, 0.15) is 32.6 Å². The number of halogens is 1. The molecule has 0 bridgehead atoms. The highest BCUT2D eigenvalue weighted by Gasteiger charge is 1.93. The summed E-state index contributed by atoms with van der Waals surface area (Å²) in [6.07, 6.45) is 4.17. The maximum Gasteiger partial charge on any atom is 0.0469 e. The van der Waals surface area contributed by atoms with Gasteiger partial charge < -0.3 is 4.74 Å². The fourth-order valence-corrected chi connectivity index (χ4v) is 1.20. The van der Waals surface area contributed by atoms with Crippen LogP contribution in [0.4, 0.5) is 0 Å². The second kappa shape index (κ2) is 9.08.